The molecule has 4 rings (SSSR count). The molecule has 9 nitrogen and oxygen atoms in total. The molecule has 1 saturated heterocycles. The Kier molecular flexibility index (Phi) is 7.97. The van der Waals surface area contributed by atoms with Crippen molar-refractivity contribution in [3.05, 3.63) is 64.8 Å². The van der Waals surface area contributed by atoms with Gasteiger partial charge in [-0.25, -0.2) is 8.42 Å². The number of sulfonamides is 1. The molecule has 1 N–H and O–H groups in total. The molecule has 0 saturated carbocycles. The Labute approximate surface area is 215 Å². The molecular weight excluding hydrogens is 504 g/mol. The number of hydrogen-bond acceptors (Lipinski definition) is 7. The van der Waals surface area contributed by atoms with Gasteiger partial charge in [-0.1, -0.05) is 42.7 Å². The Hall–Kier alpha value is -2.95. The lowest BCUT2D eigenvalue weighted by molar-refractivity contribution is -0.120. The fourth-order valence-corrected chi connectivity index (χ4v) is 5.91. The molecule has 2 aromatic carbocycles. The number of halogens is 1. The van der Waals surface area contributed by atoms with Crippen LogP contribution < -0.4 is 10.1 Å². The van der Waals surface area contributed by atoms with Gasteiger partial charge in [0.2, 0.25) is 21.8 Å². The van der Waals surface area contributed by atoms with E-state index in [0.29, 0.717) is 49.0 Å². The van der Waals surface area contributed by atoms with E-state index in [4.69, 9.17) is 20.9 Å². The maximum Gasteiger partial charge on any atom is 0.243 e. The van der Waals surface area contributed by atoms with Crippen LogP contribution in [0.5, 0.6) is 5.75 Å². The zero-order valence-corrected chi connectivity index (χ0v) is 22.0. The van der Waals surface area contributed by atoms with Gasteiger partial charge in [-0.3, -0.25) is 4.79 Å². The molecule has 1 amide bonds. The van der Waals surface area contributed by atoms with Gasteiger partial charge in [-0.15, -0.1) is 0 Å². The Bertz CT molecular complexity index is 1320. The number of amides is 1. The molecule has 1 aliphatic heterocycles. The van der Waals surface area contributed by atoms with E-state index in [-0.39, 0.29) is 28.3 Å². The molecule has 1 aromatic heterocycles. The number of carbonyl (C=O) groups is 1. The van der Waals surface area contributed by atoms with Crippen LogP contribution in [-0.4, -0.2) is 49.0 Å². The van der Waals surface area contributed by atoms with Crippen molar-refractivity contribution in [2.45, 2.75) is 43.9 Å². The van der Waals surface area contributed by atoms with E-state index in [1.54, 1.807) is 0 Å². The lowest BCUT2D eigenvalue weighted by Gasteiger charge is -2.31. The molecule has 11 heteroatoms. The number of methoxy groups -OCH3 is 1. The predicted octanol–water partition coefficient (Wildman–Crippen LogP) is 4.49. The first kappa shape index (κ1) is 26.1. The van der Waals surface area contributed by atoms with Gasteiger partial charge in [0, 0.05) is 31.1 Å². The SMILES string of the molecule is COc1ccc(S(=O)(=O)N2CCC[C@H](C(=O)Nc3ccc(Cc4noc(C(C)C)n4)cc3)C2)cc1Cl. The number of hydrogen-bond donors (Lipinski definition) is 1. The van der Waals surface area contributed by atoms with Crippen LogP contribution in [0.15, 0.2) is 51.9 Å². The smallest absolute Gasteiger partial charge is 0.243 e. The minimum Gasteiger partial charge on any atom is -0.495 e. The molecule has 0 radical (unpaired) electrons. The first-order valence-corrected chi connectivity index (χ1v) is 13.5. The monoisotopic (exact) mass is 532 g/mol. The Morgan fingerprint density at radius 2 is 2.00 bits per heavy atom. The highest BCUT2D eigenvalue weighted by molar-refractivity contribution is 7.89. The van der Waals surface area contributed by atoms with Crippen molar-refractivity contribution in [3.8, 4) is 5.75 Å². The lowest BCUT2D eigenvalue weighted by atomic mass is 9.98. The summed E-state index contributed by atoms with van der Waals surface area (Å²) in [6, 6.07) is 11.8. The summed E-state index contributed by atoms with van der Waals surface area (Å²) in [6.45, 7) is 4.43. The summed E-state index contributed by atoms with van der Waals surface area (Å²) in [5.74, 6) is 1.11. The van der Waals surface area contributed by atoms with E-state index < -0.39 is 15.9 Å². The number of anilines is 1. The molecule has 1 aliphatic rings. The molecule has 2 heterocycles. The standard InChI is InChI=1S/C25H29ClN4O5S/c1-16(2)25-28-23(29-35-25)13-17-6-8-19(9-7-17)27-24(31)18-5-4-12-30(15-18)36(32,33)20-10-11-22(34-3)21(26)14-20/h6-11,14,16,18H,4-5,12-13,15H2,1-3H3,(H,27,31)/t18-/m0/s1. The fraction of sp³-hybridized carbons (Fsp3) is 0.400. The lowest BCUT2D eigenvalue weighted by Crippen LogP contribution is -2.43. The average molecular weight is 533 g/mol. The zero-order valence-electron chi connectivity index (χ0n) is 20.4. The van der Waals surface area contributed by atoms with Crippen molar-refractivity contribution in [3.63, 3.8) is 0 Å². The number of carbonyl (C=O) groups excluding carboxylic acids is 1. The van der Waals surface area contributed by atoms with Crippen molar-refractivity contribution in [2.24, 2.45) is 5.92 Å². The molecule has 3 aromatic rings. The number of piperidine rings is 1. The van der Waals surface area contributed by atoms with Gasteiger partial charge in [0.15, 0.2) is 5.82 Å². The normalized spacial score (nSPS) is 16.8. The van der Waals surface area contributed by atoms with Crippen molar-refractivity contribution in [1.82, 2.24) is 14.4 Å². The maximum atomic E-state index is 13.2. The molecule has 192 valence electrons. The minimum atomic E-state index is -3.79. The van der Waals surface area contributed by atoms with E-state index in [9.17, 15) is 13.2 Å². The highest BCUT2D eigenvalue weighted by Crippen LogP contribution is 2.30. The molecule has 0 spiro atoms. The first-order valence-electron chi connectivity index (χ1n) is 11.7. The highest BCUT2D eigenvalue weighted by atomic mass is 35.5. The van der Waals surface area contributed by atoms with Gasteiger partial charge in [0.1, 0.15) is 5.75 Å². The zero-order chi connectivity index (χ0) is 25.9. The third kappa shape index (κ3) is 5.88. The summed E-state index contributed by atoms with van der Waals surface area (Å²) in [6.07, 6.45) is 1.72. The van der Waals surface area contributed by atoms with Crippen molar-refractivity contribution >= 4 is 33.2 Å². The van der Waals surface area contributed by atoms with Crippen molar-refractivity contribution in [1.29, 1.82) is 0 Å². The summed E-state index contributed by atoms with van der Waals surface area (Å²) in [5.41, 5.74) is 1.62. The van der Waals surface area contributed by atoms with Crippen molar-refractivity contribution in [2.75, 3.05) is 25.5 Å². The maximum absolute atomic E-state index is 13.2. The van der Waals surface area contributed by atoms with Crippen LogP contribution in [0.3, 0.4) is 0 Å². The number of nitrogens with zero attached hydrogens (tertiary/aromatic N) is 3. The molecular formula is C25H29ClN4O5S. The fourth-order valence-electron chi connectivity index (χ4n) is 4.04. The molecule has 0 bridgehead atoms. The number of benzene rings is 2. The van der Waals surface area contributed by atoms with E-state index in [1.165, 1.54) is 29.6 Å². The highest BCUT2D eigenvalue weighted by Gasteiger charge is 2.33. The topological polar surface area (TPSA) is 115 Å². The molecule has 0 aliphatic carbocycles. The van der Waals surface area contributed by atoms with E-state index in [2.05, 4.69) is 15.5 Å². The van der Waals surface area contributed by atoms with Crippen LogP contribution in [0, 0.1) is 5.92 Å². The van der Waals surface area contributed by atoms with Crippen LogP contribution in [0.2, 0.25) is 5.02 Å². The van der Waals surface area contributed by atoms with Gasteiger partial charge in [0.05, 0.1) is 22.9 Å². The van der Waals surface area contributed by atoms with Gasteiger partial charge in [-0.2, -0.15) is 9.29 Å². The quantitative estimate of drug-likeness (QED) is 0.454. The van der Waals surface area contributed by atoms with Crippen LogP contribution in [0.25, 0.3) is 0 Å². The Balaban J connectivity index is 1.38. The van der Waals surface area contributed by atoms with Gasteiger partial charge >= 0.3 is 0 Å². The van der Waals surface area contributed by atoms with Crippen LogP contribution in [0.4, 0.5) is 5.69 Å². The minimum absolute atomic E-state index is 0.0760. The second kappa shape index (κ2) is 11.0. The molecule has 1 fully saturated rings. The number of rotatable bonds is 8. The summed E-state index contributed by atoms with van der Waals surface area (Å²) >= 11 is 6.13. The van der Waals surface area contributed by atoms with Gasteiger partial charge in [-0.05, 0) is 48.7 Å². The van der Waals surface area contributed by atoms with Gasteiger partial charge < -0.3 is 14.6 Å². The predicted molar refractivity (Wildman–Crippen MR) is 136 cm³/mol. The van der Waals surface area contributed by atoms with Gasteiger partial charge in [0.25, 0.3) is 0 Å². The number of nitrogens with one attached hydrogen (secondary N) is 1. The summed E-state index contributed by atoms with van der Waals surface area (Å²) in [7, 11) is -2.33. The molecule has 1 atom stereocenters. The Morgan fingerprint density at radius 1 is 1.25 bits per heavy atom. The summed E-state index contributed by atoms with van der Waals surface area (Å²) in [4.78, 5) is 17.4. The largest absolute Gasteiger partial charge is 0.495 e. The van der Waals surface area contributed by atoms with E-state index in [1.807, 2.05) is 38.1 Å². The third-order valence-electron chi connectivity index (χ3n) is 6.08. The van der Waals surface area contributed by atoms with E-state index >= 15 is 0 Å². The average Bonchev–Trinajstić information content (AvgIpc) is 3.34. The second-order valence-electron chi connectivity index (χ2n) is 9.07. The van der Waals surface area contributed by atoms with Crippen LogP contribution in [-0.2, 0) is 21.2 Å². The van der Waals surface area contributed by atoms with Crippen molar-refractivity contribution < 1.29 is 22.5 Å². The third-order valence-corrected chi connectivity index (χ3v) is 8.23. The van der Waals surface area contributed by atoms with Crippen LogP contribution in [0.1, 0.15) is 49.9 Å². The Morgan fingerprint density at radius 3 is 2.64 bits per heavy atom. The summed E-state index contributed by atoms with van der Waals surface area (Å²) < 4.78 is 38.0. The first-order chi connectivity index (χ1) is 17.2. The van der Waals surface area contributed by atoms with Crippen LogP contribution >= 0.6 is 11.6 Å². The second-order valence-corrected chi connectivity index (χ2v) is 11.4. The summed E-state index contributed by atoms with van der Waals surface area (Å²) in [5, 5.41) is 7.13. The number of ether oxygens (including phenoxy) is 1. The van der Waals surface area contributed by atoms with E-state index in [0.717, 1.165) is 5.56 Å². The molecule has 0 unspecified atom stereocenters. The molecule has 36 heavy (non-hydrogen) atoms. The number of aromatic nitrogens is 2.